The standard InChI is InChI=1S/C16H15F3O2/c1-11-6-3-4-9-14(11)15(2,20)12-7-5-8-13(10-12)21-16(17,18)19/h3-10,20H,1-2H3. The van der Waals surface area contributed by atoms with Gasteiger partial charge in [0.1, 0.15) is 11.4 Å². The van der Waals surface area contributed by atoms with Crippen LogP contribution in [-0.2, 0) is 5.60 Å². The Kier molecular flexibility index (Phi) is 3.96. The van der Waals surface area contributed by atoms with E-state index in [9.17, 15) is 18.3 Å². The van der Waals surface area contributed by atoms with Gasteiger partial charge in [0.25, 0.3) is 0 Å². The van der Waals surface area contributed by atoms with E-state index in [2.05, 4.69) is 4.74 Å². The van der Waals surface area contributed by atoms with Gasteiger partial charge in [-0.2, -0.15) is 0 Å². The summed E-state index contributed by atoms with van der Waals surface area (Å²) in [7, 11) is 0. The molecule has 0 aliphatic rings. The van der Waals surface area contributed by atoms with E-state index in [1.807, 2.05) is 19.1 Å². The molecule has 0 spiro atoms. The average molecular weight is 296 g/mol. The first kappa shape index (κ1) is 15.4. The molecule has 1 unspecified atom stereocenters. The van der Waals surface area contributed by atoms with Crippen LogP contribution in [0.1, 0.15) is 23.6 Å². The molecule has 0 bridgehead atoms. The highest BCUT2D eigenvalue weighted by Crippen LogP contribution is 2.34. The maximum absolute atomic E-state index is 12.3. The van der Waals surface area contributed by atoms with E-state index in [4.69, 9.17) is 0 Å². The Balaban J connectivity index is 2.41. The summed E-state index contributed by atoms with van der Waals surface area (Å²) in [5.74, 6) is -0.353. The van der Waals surface area contributed by atoms with Crippen molar-refractivity contribution < 1.29 is 23.0 Å². The van der Waals surface area contributed by atoms with Gasteiger partial charge in [-0.3, -0.25) is 0 Å². The lowest BCUT2D eigenvalue weighted by Gasteiger charge is -2.26. The van der Waals surface area contributed by atoms with Crippen LogP contribution in [-0.4, -0.2) is 11.5 Å². The number of alkyl halides is 3. The van der Waals surface area contributed by atoms with Gasteiger partial charge in [0.2, 0.25) is 0 Å². The summed E-state index contributed by atoms with van der Waals surface area (Å²) in [6.45, 7) is 3.38. The second-order valence-electron chi connectivity index (χ2n) is 4.96. The highest BCUT2D eigenvalue weighted by Gasteiger charge is 2.32. The number of ether oxygens (including phenoxy) is 1. The van der Waals surface area contributed by atoms with Crippen LogP contribution in [0.4, 0.5) is 13.2 Å². The van der Waals surface area contributed by atoms with Crippen molar-refractivity contribution in [1.82, 2.24) is 0 Å². The Morgan fingerprint density at radius 3 is 2.29 bits per heavy atom. The molecule has 0 aromatic heterocycles. The fourth-order valence-corrected chi connectivity index (χ4v) is 2.27. The lowest BCUT2D eigenvalue weighted by molar-refractivity contribution is -0.274. The summed E-state index contributed by atoms with van der Waals surface area (Å²) in [6, 6.07) is 12.6. The summed E-state index contributed by atoms with van der Waals surface area (Å²) in [5.41, 5.74) is 0.411. The molecule has 21 heavy (non-hydrogen) atoms. The van der Waals surface area contributed by atoms with Crippen LogP contribution in [0, 0.1) is 6.92 Å². The number of aliphatic hydroxyl groups is 1. The van der Waals surface area contributed by atoms with Crippen molar-refractivity contribution in [2.24, 2.45) is 0 Å². The second kappa shape index (κ2) is 5.41. The van der Waals surface area contributed by atoms with Gasteiger partial charge < -0.3 is 9.84 Å². The predicted molar refractivity (Wildman–Crippen MR) is 73.0 cm³/mol. The number of hydrogen-bond acceptors (Lipinski definition) is 2. The average Bonchev–Trinajstić information content (AvgIpc) is 2.37. The van der Waals surface area contributed by atoms with E-state index in [0.717, 1.165) is 5.56 Å². The number of aryl methyl sites for hydroxylation is 1. The molecule has 0 aliphatic heterocycles. The first-order chi connectivity index (χ1) is 9.70. The van der Waals surface area contributed by atoms with Gasteiger partial charge in [0.15, 0.2) is 0 Å². The Bertz CT molecular complexity index is 633. The largest absolute Gasteiger partial charge is 0.573 e. The van der Waals surface area contributed by atoms with Crippen molar-refractivity contribution in [3.05, 3.63) is 65.2 Å². The molecule has 0 radical (unpaired) electrons. The molecule has 0 heterocycles. The van der Waals surface area contributed by atoms with Gasteiger partial charge in [0, 0.05) is 0 Å². The van der Waals surface area contributed by atoms with E-state index in [1.54, 1.807) is 25.1 Å². The maximum Gasteiger partial charge on any atom is 0.573 e. The third-order valence-corrected chi connectivity index (χ3v) is 3.30. The van der Waals surface area contributed by atoms with E-state index < -0.39 is 12.0 Å². The Labute approximate surface area is 120 Å². The summed E-state index contributed by atoms with van der Waals surface area (Å²) in [4.78, 5) is 0. The third kappa shape index (κ3) is 3.55. The van der Waals surface area contributed by atoms with Crippen LogP contribution >= 0.6 is 0 Å². The van der Waals surface area contributed by atoms with Crippen LogP contribution in [0.2, 0.25) is 0 Å². The van der Waals surface area contributed by atoms with Gasteiger partial charge in [-0.15, -0.1) is 13.2 Å². The van der Waals surface area contributed by atoms with Crippen LogP contribution < -0.4 is 4.74 Å². The number of hydrogen-bond donors (Lipinski definition) is 1. The van der Waals surface area contributed by atoms with E-state index >= 15 is 0 Å². The highest BCUT2D eigenvalue weighted by atomic mass is 19.4. The predicted octanol–water partition coefficient (Wildman–Crippen LogP) is 4.15. The molecule has 0 amide bonds. The summed E-state index contributed by atoms with van der Waals surface area (Å²) in [6.07, 6.45) is -4.76. The van der Waals surface area contributed by atoms with E-state index in [1.165, 1.54) is 18.2 Å². The SMILES string of the molecule is Cc1ccccc1C(C)(O)c1cccc(OC(F)(F)F)c1. The second-order valence-corrected chi connectivity index (χ2v) is 4.96. The van der Waals surface area contributed by atoms with Gasteiger partial charge >= 0.3 is 6.36 Å². The number of rotatable bonds is 3. The van der Waals surface area contributed by atoms with Crippen LogP contribution in [0.25, 0.3) is 0 Å². The smallest absolute Gasteiger partial charge is 0.406 e. The highest BCUT2D eigenvalue weighted by molar-refractivity contribution is 5.42. The Morgan fingerprint density at radius 1 is 1.00 bits per heavy atom. The summed E-state index contributed by atoms with van der Waals surface area (Å²) >= 11 is 0. The summed E-state index contributed by atoms with van der Waals surface area (Å²) < 4.78 is 40.7. The third-order valence-electron chi connectivity index (χ3n) is 3.30. The molecule has 0 saturated heterocycles. The van der Waals surface area contributed by atoms with Crippen molar-refractivity contribution >= 4 is 0 Å². The van der Waals surface area contributed by atoms with Gasteiger partial charge in [-0.1, -0.05) is 36.4 Å². The molecule has 2 aromatic carbocycles. The normalized spacial score (nSPS) is 14.6. The quantitative estimate of drug-likeness (QED) is 0.922. The first-order valence-corrected chi connectivity index (χ1v) is 6.35. The van der Waals surface area contributed by atoms with E-state index in [-0.39, 0.29) is 5.75 Å². The zero-order valence-electron chi connectivity index (χ0n) is 11.6. The maximum atomic E-state index is 12.3. The minimum atomic E-state index is -4.76. The fraction of sp³-hybridized carbons (Fsp3) is 0.250. The van der Waals surface area contributed by atoms with E-state index in [0.29, 0.717) is 11.1 Å². The molecule has 2 nitrogen and oxygen atoms in total. The van der Waals surface area contributed by atoms with Gasteiger partial charge in [-0.25, -0.2) is 0 Å². The van der Waals surface area contributed by atoms with Crippen LogP contribution in [0.15, 0.2) is 48.5 Å². The van der Waals surface area contributed by atoms with Gasteiger partial charge in [0.05, 0.1) is 0 Å². The molecule has 5 heteroatoms. The molecular weight excluding hydrogens is 281 g/mol. The lowest BCUT2D eigenvalue weighted by atomic mass is 9.85. The number of benzene rings is 2. The van der Waals surface area contributed by atoms with Crippen molar-refractivity contribution in [2.75, 3.05) is 0 Å². The monoisotopic (exact) mass is 296 g/mol. The molecule has 2 rings (SSSR count). The zero-order chi connectivity index (χ0) is 15.7. The molecule has 1 N–H and O–H groups in total. The van der Waals surface area contributed by atoms with Crippen molar-refractivity contribution in [2.45, 2.75) is 25.8 Å². The number of halogens is 3. The minimum absolute atomic E-state index is 0.332. The first-order valence-electron chi connectivity index (χ1n) is 6.35. The Morgan fingerprint density at radius 2 is 1.67 bits per heavy atom. The molecule has 1 atom stereocenters. The molecule has 2 aromatic rings. The fourth-order valence-electron chi connectivity index (χ4n) is 2.27. The summed E-state index contributed by atoms with van der Waals surface area (Å²) in [5, 5.41) is 10.7. The Hall–Kier alpha value is -2.01. The van der Waals surface area contributed by atoms with Gasteiger partial charge in [-0.05, 0) is 42.7 Å². The molecule has 0 fully saturated rings. The molecule has 0 saturated carbocycles. The molecule has 0 aliphatic carbocycles. The topological polar surface area (TPSA) is 29.5 Å². The van der Waals surface area contributed by atoms with Crippen molar-refractivity contribution in [1.29, 1.82) is 0 Å². The molecular formula is C16H15F3O2. The van der Waals surface area contributed by atoms with Crippen LogP contribution in [0.5, 0.6) is 5.75 Å². The lowest BCUT2D eigenvalue weighted by Crippen LogP contribution is -2.24. The molecule has 112 valence electrons. The van der Waals surface area contributed by atoms with Crippen LogP contribution in [0.3, 0.4) is 0 Å². The van der Waals surface area contributed by atoms with Crippen molar-refractivity contribution in [3.63, 3.8) is 0 Å². The zero-order valence-corrected chi connectivity index (χ0v) is 11.6. The minimum Gasteiger partial charge on any atom is -0.406 e. The van der Waals surface area contributed by atoms with Crippen molar-refractivity contribution in [3.8, 4) is 5.75 Å².